The molecule has 0 unspecified atom stereocenters. The number of benzene rings is 1. The van der Waals surface area contributed by atoms with Crippen LogP contribution in [0.15, 0.2) is 18.3 Å². The van der Waals surface area contributed by atoms with Gasteiger partial charge in [0.25, 0.3) is 0 Å². The van der Waals surface area contributed by atoms with Gasteiger partial charge in [-0.1, -0.05) is 17.7 Å². The molecule has 1 aromatic carbocycles. The molecule has 0 amide bonds. The van der Waals surface area contributed by atoms with E-state index in [2.05, 4.69) is 54.8 Å². The first-order chi connectivity index (χ1) is 9.04. The molecular weight excluding hydrogens is 234 g/mol. The van der Waals surface area contributed by atoms with E-state index in [1.165, 1.54) is 27.9 Å². The van der Waals surface area contributed by atoms with E-state index in [0.29, 0.717) is 0 Å². The Kier molecular flexibility index (Phi) is 4.05. The van der Waals surface area contributed by atoms with E-state index in [0.717, 1.165) is 18.8 Å². The molecule has 1 aromatic heterocycles. The fourth-order valence-electron chi connectivity index (χ4n) is 2.70. The van der Waals surface area contributed by atoms with Gasteiger partial charge in [-0.2, -0.15) is 0 Å². The molecule has 2 aromatic rings. The lowest BCUT2D eigenvalue weighted by Gasteiger charge is -2.12. The van der Waals surface area contributed by atoms with Gasteiger partial charge in [0.2, 0.25) is 0 Å². The minimum absolute atomic E-state index is 0.977. The fraction of sp³-hybridized carbons (Fsp3) is 0.438. The van der Waals surface area contributed by atoms with Crippen molar-refractivity contribution < 1.29 is 0 Å². The molecule has 0 aliphatic carbocycles. The molecule has 0 saturated carbocycles. The number of aryl methyl sites for hydroxylation is 3. The Balaban J connectivity index is 2.45. The minimum atomic E-state index is 0.977. The summed E-state index contributed by atoms with van der Waals surface area (Å²) < 4.78 is 2.21. The Morgan fingerprint density at radius 2 is 1.79 bits per heavy atom. The third-order valence-corrected chi connectivity index (χ3v) is 3.62. The molecule has 2 rings (SSSR count). The van der Waals surface area contributed by atoms with Crippen molar-refractivity contribution in [3.63, 3.8) is 0 Å². The first-order valence-corrected chi connectivity index (χ1v) is 6.78. The van der Waals surface area contributed by atoms with Gasteiger partial charge in [0.15, 0.2) is 0 Å². The van der Waals surface area contributed by atoms with Crippen LogP contribution >= 0.6 is 0 Å². The second-order valence-corrected chi connectivity index (χ2v) is 5.26. The molecule has 102 valence electrons. The van der Waals surface area contributed by atoms with Crippen LogP contribution in [0.1, 0.15) is 22.4 Å². The molecule has 0 aliphatic heterocycles. The number of aromatic nitrogens is 2. The number of imidazole rings is 1. The lowest BCUT2D eigenvalue weighted by Crippen LogP contribution is -2.12. The predicted octanol–water partition coefficient (Wildman–Crippen LogP) is 2.77. The van der Waals surface area contributed by atoms with Crippen LogP contribution in [-0.4, -0.2) is 23.1 Å². The number of hydrogen-bond donors (Lipinski definition) is 1. The summed E-state index contributed by atoms with van der Waals surface area (Å²) in [5.74, 6) is 1.07. The van der Waals surface area contributed by atoms with Gasteiger partial charge < -0.3 is 9.88 Å². The highest BCUT2D eigenvalue weighted by Crippen LogP contribution is 2.27. The Bertz CT molecular complexity index is 559. The van der Waals surface area contributed by atoms with Crippen LogP contribution in [0.5, 0.6) is 0 Å². The predicted molar refractivity (Wildman–Crippen MR) is 80.5 cm³/mol. The maximum absolute atomic E-state index is 4.63. The van der Waals surface area contributed by atoms with Gasteiger partial charge in [-0.25, -0.2) is 4.98 Å². The Morgan fingerprint density at radius 1 is 1.16 bits per heavy atom. The van der Waals surface area contributed by atoms with E-state index in [1.54, 1.807) is 0 Å². The van der Waals surface area contributed by atoms with Crippen LogP contribution in [0.3, 0.4) is 0 Å². The first-order valence-electron chi connectivity index (χ1n) is 6.78. The van der Waals surface area contributed by atoms with Crippen LogP contribution in [0, 0.1) is 20.8 Å². The molecule has 19 heavy (non-hydrogen) atoms. The van der Waals surface area contributed by atoms with Crippen molar-refractivity contribution in [3.8, 4) is 11.4 Å². The highest BCUT2D eigenvalue weighted by Gasteiger charge is 2.13. The second-order valence-electron chi connectivity index (χ2n) is 5.26. The van der Waals surface area contributed by atoms with Crippen molar-refractivity contribution in [2.75, 3.05) is 13.6 Å². The molecule has 0 atom stereocenters. The summed E-state index contributed by atoms with van der Waals surface area (Å²) in [5.41, 5.74) is 6.44. The molecule has 0 saturated heterocycles. The Labute approximate surface area is 115 Å². The molecule has 3 nitrogen and oxygen atoms in total. The first kappa shape index (κ1) is 13.8. The summed E-state index contributed by atoms with van der Waals surface area (Å²) in [4.78, 5) is 4.63. The number of rotatable bonds is 4. The van der Waals surface area contributed by atoms with Gasteiger partial charge in [-0.05, 0) is 38.9 Å². The summed E-state index contributed by atoms with van der Waals surface area (Å²) in [6.07, 6.45) is 3.00. The zero-order valence-electron chi connectivity index (χ0n) is 12.5. The zero-order chi connectivity index (χ0) is 14.0. The van der Waals surface area contributed by atoms with Crippen molar-refractivity contribution in [1.82, 2.24) is 14.9 Å². The lowest BCUT2D eigenvalue weighted by molar-refractivity contribution is 0.740. The van der Waals surface area contributed by atoms with E-state index < -0.39 is 0 Å². The topological polar surface area (TPSA) is 29.9 Å². The van der Waals surface area contributed by atoms with Crippen LogP contribution in [0.4, 0.5) is 0 Å². The number of hydrogen-bond acceptors (Lipinski definition) is 2. The normalized spacial score (nSPS) is 11.0. The maximum Gasteiger partial charge on any atom is 0.140 e. The zero-order valence-corrected chi connectivity index (χ0v) is 12.5. The van der Waals surface area contributed by atoms with Gasteiger partial charge in [0.1, 0.15) is 5.82 Å². The van der Waals surface area contributed by atoms with Crippen LogP contribution in [0.25, 0.3) is 11.4 Å². The molecule has 1 heterocycles. The average molecular weight is 257 g/mol. The van der Waals surface area contributed by atoms with E-state index in [1.807, 2.05) is 13.2 Å². The van der Waals surface area contributed by atoms with Crippen molar-refractivity contribution in [3.05, 3.63) is 40.7 Å². The van der Waals surface area contributed by atoms with Crippen molar-refractivity contribution >= 4 is 0 Å². The summed E-state index contributed by atoms with van der Waals surface area (Å²) in [6.45, 7) is 7.44. The lowest BCUT2D eigenvalue weighted by atomic mass is 9.99. The standard InChI is InChI=1S/C16H23N3/c1-11-8-12(2)15(13(3)9-11)16-18-10-14(19(16)5)6-7-17-4/h8-10,17H,6-7H2,1-5H3. The second kappa shape index (κ2) is 5.57. The highest BCUT2D eigenvalue weighted by molar-refractivity contribution is 5.66. The molecule has 3 heteroatoms. The largest absolute Gasteiger partial charge is 0.331 e. The summed E-state index contributed by atoms with van der Waals surface area (Å²) >= 11 is 0. The van der Waals surface area contributed by atoms with Gasteiger partial charge in [-0.15, -0.1) is 0 Å². The smallest absolute Gasteiger partial charge is 0.140 e. The molecular formula is C16H23N3. The van der Waals surface area contributed by atoms with Crippen molar-refractivity contribution in [1.29, 1.82) is 0 Å². The SMILES string of the molecule is CNCCc1cnc(-c2c(C)cc(C)cc2C)n1C. The van der Waals surface area contributed by atoms with Gasteiger partial charge in [0.05, 0.1) is 0 Å². The number of nitrogens with zero attached hydrogens (tertiary/aromatic N) is 2. The quantitative estimate of drug-likeness (QED) is 0.912. The Morgan fingerprint density at radius 3 is 2.37 bits per heavy atom. The van der Waals surface area contributed by atoms with Crippen LogP contribution in [-0.2, 0) is 13.5 Å². The third kappa shape index (κ3) is 2.71. The van der Waals surface area contributed by atoms with E-state index in [-0.39, 0.29) is 0 Å². The summed E-state index contributed by atoms with van der Waals surface area (Å²) in [6, 6.07) is 4.45. The minimum Gasteiger partial charge on any atom is -0.331 e. The van der Waals surface area contributed by atoms with Gasteiger partial charge >= 0.3 is 0 Å². The van der Waals surface area contributed by atoms with Gasteiger partial charge in [-0.3, -0.25) is 0 Å². The van der Waals surface area contributed by atoms with E-state index >= 15 is 0 Å². The highest BCUT2D eigenvalue weighted by atomic mass is 15.1. The monoisotopic (exact) mass is 257 g/mol. The van der Waals surface area contributed by atoms with E-state index in [9.17, 15) is 0 Å². The van der Waals surface area contributed by atoms with Crippen molar-refractivity contribution in [2.24, 2.45) is 7.05 Å². The molecule has 0 radical (unpaired) electrons. The molecule has 0 spiro atoms. The molecule has 1 N–H and O–H groups in total. The number of nitrogens with one attached hydrogen (secondary N) is 1. The maximum atomic E-state index is 4.63. The van der Waals surface area contributed by atoms with Crippen LogP contribution in [0.2, 0.25) is 0 Å². The van der Waals surface area contributed by atoms with Crippen molar-refractivity contribution in [2.45, 2.75) is 27.2 Å². The number of likely N-dealkylation sites (N-methyl/N-ethyl adjacent to an activating group) is 1. The summed E-state index contributed by atoms with van der Waals surface area (Å²) in [5, 5.41) is 3.18. The average Bonchev–Trinajstić information content (AvgIpc) is 2.68. The summed E-state index contributed by atoms with van der Waals surface area (Å²) in [7, 11) is 4.08. The van der Waals surface area contributed by atoms with E-state index in [4.69, 9.17) is 0 Å². The third-order valence-electron chi connectivity index (χ3n) is 3.62. The molecule has 0 aliphatic rings. The molecule has 0 bridgehead atoms. The van der Waals surface area contributed by atoms with Gasteiger partial charge in [0, 0.05) is 37.5 Å². The fourth-order valence-corrected chi connectivity index (χ4v) is 2.70. The molecule has 0 fully saturated rings. The Hall–Kier alpha value is -1.61. The van der Waals surface area contributed by atoms with Crippen LogP contribution < -0.4 is 5.32 Å².